The third-order valence-corrected chi connectivity index (χ3v) is 12.4. The third-order valence-electron chi connectivity index (χ3n) is 11.2. The van der Waals surface area contributed by atoms with Gasteiger partial charge in [-0.3, -0.25) is 0 Å². The van der Waals surface area contributed by atoms with Gasteiger partial charge in [0.25, 0.3) is 0 Å². The second-order valence-corrected chi connectivity index (χ2v) is 15.1. The van der Waals surface area contributed by atoms with E-state index in [1.54, 1.807) is 0 Å². The van der Waals surface area contributed by atoms with Crippen molar-refractivity contribution in [2.45, 2.75) is 0 Å². The van der Waals surface area contributed by atoms with E-state index < -0.39 is 0 Å². The lowest BCUT2D eigenvalue weighted by molar-refractivity contribution is 1.24. The highest BCUT2D eigenvalue weighted by Crippen LogP contribution is 2.49. The number of thiophene rings is 1. The van der Waals surface area contributed by atoms with Crippen molar-refractivity contribution < 1.29 is 0 Å². The van der Waals surface area contributed by atoms with E-state index in [1.165, 1.54) is 79.4 Å². The average Bonchev–Trinajstić information content (AvgIpc) is 3.64. The molecule has 0 N–H and O–H groups in total. The van der Waals surface area contributed by atoms with Gasteiger partial charge in [-0.25, -0.2) is 9.97 Å². The monoisotopic (exact) mass is 688 g/mol. The van der Waals surface area contributed by atoms with Crippen molar-refractivity contribution >= 4 is 107 Å². The summed E-state index contributed by atoms with van der Waals surface area (Å²) in [7, 11) is 0. The number of benzene rings is 10. The minimum Gasteiger partial charge on any atom is -0.227 e. The van der Waals surface area contributed by atoms with E-state index in [0.717, 1.165) is 38.9 Å². The molecule has 2 heterocycles. The van der Waals surface area contributed by atoms with Gasteiger partial charge in [-0.1, -0.05) is 152 Å². The van der Waals surface area contributed by atoms with E-state index >= 15 is 0 Å². The van der Waals surface area contributed by atoms with Crippen molar-refractivity contribution in [2.75, 3.05) is 0 Å². The van der Waals surface area contributed by atoms with E-state index in [9.17, 15) is 0 Å². The molecule has 0 amide bonds. The summed E-state index contributed by atoms with van der Waals surface area (Å²) in [6.07, 6.45) is 0. The zero-order valence-electron chi connectivity index (χ0n) is 28.5. The molecule has 0 atom stereocenters. The molecular weight excluding hydrogens is 661 g/mol. The molecule has 10 aromatic carbocycles. The lowest BCUT2D eigenvalue weighted by Gasteiger charge is -2.15. The zero-order valence-corrected chi connectivity index (χ0v) is 29.3. The molecule has 244 valence electrons. The molecule has 3 heteroatoms. The number of nitrogens with zero attached hydrogens (tertiary/aromatic N) is 2. The Morgan fingerprint density at radius 2 is 0.906 bits per heavy atom. The molecule has 12 rings (SSSR count). The van der Waals surface area contributed by atoms with Crippen LogP contribution in [0.4, 0.5) is 0 Å². The molecule has 0 bridgehead atoms. The molecule has 0 radical (unpaired) electrons. The number of aromatic nitrogens is 2. The van der Waals surface area contributed by atoms with Gasteiger partial charge in [0, 0.05) is 47.5 Å². The van der Waals surface area contributed by atoms with Crippen LogP contribution in [0.5, 0.6) is 0 Å². The Hall–Kier alpha value is -6.68. The quantitative estimate of drug-likeness (QED) is 0.169. The Kier molecular flexibility index (Phi) is 5.96. The van der Waals surface area contributed by atoms with Gasteiger partial charge in [0.15, 0.2) is 5.82 Å². The first kappa shape index (κ1) is 29.0. The van der Waals surface area contributed by atoms with Gasteiger partial charge >= 0.3 is 0 Å². The molecular formula is C50H28N2S. The molecule has 0 unspecified atom stereocenters. The van der Waals surface area contributed by atoms with Crippen LogP contribution >= 0.6 is 11.3 Å². The van der Waals surface area contributed by atoms with E-state index in [-0.39, 0.29) is 0 Å². The van der Waals surface area contributed by atoms with Crippen molar-refractivity contribution in [2.24, 2.45) is 0 Å². The van der Waals surface area contributed by atoms with Crippen molar-refractivity contribution in [3.8, 4) is 22.6 Å². The minimum atomic E-state index is 0.732. The first-order valence-corrected chi connectivity index (χ1v) is 18.9. The molecule has 0 aliphatic rings. The Labute approximate surface area is 308 Å². The topological polar surface area (TPSA) is 25.8 Å². The van der Waals surface area contributed by atoms with Crippen LogP contribution in [0.1, 0.15) is 0 Å². The predicted octanol–water partition coefficient (Wildman–Crippen LogP) is 14.3. The summed E-state index contributed by atoms with van der Waals surface area (Å²) in [6, 6.07) is 61.7. The van der Waals surface area contributed by atoms with Crippen molar-refractivity contribution in [1.82, 2.24) is 9.97 Å². The number of fused-ring (bicyclic) bond motifs is 18. The smallest absolute Gasteiger partial charge is 0.160 e. The number of rotatable bonds is 2. The SMILES string of the molecule is c1ccc(-c2nc(-c3ccc4c(c3)c3ccccc3c3ccc5sc6c7ccccc7c7ccccc7c6c5c34)nc3c2ccc2ccccc23)cc1. The molecule has 53 heavy (non-hydrogen) atoms. The van der Waals surface area contributed by atoms with Gasteiger partial charge in [-0.15, -0.1) is 11.3 Å². The van der Waals surface area contributed by atoms with E-state index in [1.807, 2.05) is 11.3 Å². The Bertz CT molecular complexity index is 3510. The van der Waals surface area contributed by atoms with Crippen LogP contribution in [0.3, 0.4) is 0 Å². The first-order valence-electron chi connectivity index (χ1n) is 18.1. The highest BCUT2D eigenvalue weighted by molar-refractivity contribution is 7.27. The average molecular weight is 689 g/mol. The van der Waals surface area contributed by atoms with Crippen LogP contribution < -0.4 is 0 Å². The largest absolute Gasteiger partial charge is 0.227 e. The summed E-state index contributed by atoms with van der Waals surface area (Å²) in [5.41, 5.74) is 4.01. The summed E-state index contributed by atoms with van der Waals surface area (Å²) in [5.74, 6) is 0.732. The summed E-state index contributed by atoms with van der Waals surface area (Å²) in [4.78, 5) is 10.7. The molecule has 0 fully saturated rings. The van der Waals surface area contributed by atoms with Crippen LogP contribution in [0.25, 0.3) is 118 Å². The Morgan fingerprint density at radius 1 is 0.340 bits per heavy atom. The molecule has 0 aliphatic heterocycles. The van der Waals surface area contributed by atoms with Gasteiger partial charge in [-0.2, -0.15) is 0 Å². The van der Waals surface area contributed by atoms with Crippen LogP contribution in [0.2, 0.25) is 0 Å². The first-order chi connectivity index (χ1) is 26.3. The van der Waals surface area contributed by atoms with Crippen LogP contribution in [-0.2, 0) is 0 Å². The van der Waals surface area contributed by atoms with Gasteiger partial charge < -0.3 is 0 Å². The second-order valence-electron chi connectivity index (χ2n) is 14.0. The number of hydrogen-bond acceptors (Lipinski definition) is 3. The molecule has 0 spiro atoms. The summed E-state index contributed by atoms with van der Waals surface area (Å²) >= 11 is 1.92. The molecule has 0 aliphatic carbocycles. The van der Waals surface area contributed by atoms with Crippen molar-refractivity contribution in [3.63, 3.8) is 0 Å². The highest BCUT2D eigenvalue weighted by atomic mass is 32.1. The fourth-order valence-corrected chi connectivity index (χ4v) is 10.1. The normalized spacial score (nSPS) is 12.2. The molecule has 2 nitrogen and oxygen atoms in total. The number of hydrogen-bond donors (Lipinski definition) is 0. The summed E-state index contributed by atoms with van der Waals surface area (Å²) in [6.45, 7) is 0. The maximum absolute atomic E-state index is 5.35. The van der Waals surface area contributed by atoms with Crippen molar-refractivity contribution in [1.29, 1.82) is 0 Å². The highest BCUT2D eigenvalue weighted by Gasteiger charge is 2.20. The maximum atomic E-state index is 5.35. The van der Waals surface area contributed by atoms with Crippen molar-refractivity contribution in [3.05, 3.63) is 170 Å². The van der Waals surface area contributed by atoms with E-state index in [4.69, 9.17) is 9.97 Å². The van der Waals surface area contributed by atoms with Crippen LogP contribution in [0.15, 0.2) is 170 Å². The lowest BCUT2D eigenvalue weighted by Crippen LogP contribution is -1.96. The van der Waals surface area contributed by atoms with Gasteiger partial charge in [0.1, 0.15) is 0 Å². The fraction of sp³-hybridized carbons (Fsp3) is 0. The van der Waals surface area contributed by atoms with Gasteiger partial charge in [-0.05, 0) is 72.1 Å². The summed E-state index contributed by atoms with van der Waals surface area (Å²) < 4.78 is 2.66. The van der Waals surface area contributed by atoms with Crippen LogP contribution in [0, 0.1) is 0 Å². The van der Waals surface area contributed by atoms with Crippen LogP contribution in [-0.4, -0.2) is 9.97 Å². The second kappa shape index (κ2) is 10.9. The standard InChI is InChI=1S/C50H28N2S/c1-2-13-30(14-3-1)47-41-25-22-29-12-4-5-15-32(29)48(41)52-50(51-47)31-23-24-39-42(28-31)36-19-7-6-17-34(36)38-26-27-43-46(44(38)39)45-37-20-10-8-16-33(37)35-18-9-11-21-40(35)49(45)53-43/h1-28H. The molecule has 12 aromatic rings. The zero-order chi connectivity index (χ0) is 34.6. The predicted molar refractivity (Wildman–Crippen MR) is 228 cm³/mol. The van der Waals surface area contributed by atoms with Gasteiger partial charge in [0.05, 0.1) is 11.2 Å². The molecule has 0 saturated heterocycles. The Morgan fingerprint density at radius 3 is 1.68 bits per heavy atom. The maximum Gasteiger partial charge on any atom is 0.160 e. The van der Waals surface area contributed by atoms with E-state index in [2.05, 4.69) is 170 Å². The molecule has 2 aromatic heterocycles. The van der Waals surface area contributed by atoms with Gasteiger partial charge in [0.2, 0.25) is 0 Å². The fourth-order valence-electron chi connectivity index (χ4n) is 8.88. The third kappa shape index (κ3) is 4.08. The van der Waals surface area contributed by atoms with E-state index in [0.29, 0.717) is 0 Å². The summed E-state index contributed by atoms with van der Waals surface area (Å²) in [5, 5.41) is 18.8. The lowest BCUT2D eigenvalue weighted by atomic mass is 9.89. The molecule has 0 saturated carbocycles. The minimum absolute atomic E-state index is 0.732. The Balaban J connectivity index is 1.22.